The van der Waals surface area contributed by atoms with Crippen molar-refractivity contribution in [2.75, 3.05) is 19.6 Å². The fraction of sp³-hybridized carbons (Fsp3) is 0.500. The Morgan fingerprint density at radius 1 is 1.12 bits per heavy atom. The second-order valence-electron chi connectivity index (χ2n) is 4.39. The summed E-state index contributed by atoms with van der Waals surface area (Å²) in [5.74, 6) is -1.05. The summed E-state index contributed by atoms with van der Waals surface area (Å²) in [6.07, 6.45) is 1.65. The number of hydrogen-bond acceptors (Lipinski definition) is 2. The lowest BCUT2D eigenvalue weighted by molar-refractivity contribution is 0.313. The van der Waals surface area contributed by atoms with E-state index in [2.05, 4.69) is 5.32 Å². The highest BCUT2D eigenvalue weighted by atomic mass is 19.1. The molecule has 0 unspecified atom stereocenters. The molecular weight excluding hydrogens is 210 g/mol. The van der Waals surface area contributed by atoms with E-state index in [4.69, 9.17) is 5.73 Å². The molecule has 2 nitrogen and oxygen atoms in total. The highest BCUT2D eigenvalue weighted by Gasteiger charge is 2.33. The molecule has 1 aromatic rings. The zero-order chi connectivity index (χ0) is 11.6. The predicted molar refractivity (Wildman–Crippen MR) is 59.2 cm³/mol. The lowest BCUT2D eigenvalue weighted by atomic mass is 9.73. The van der Waals surface area contributed by atoms with Crippen LogP contribution in [0.5, 0.6) is 0 Å². The Hall–Kier alpha value is -1.00. The molecule has 1 saturated heterocycles. The lowest BCUT2D eigenvalue weighted by Crippen LogP contribution is -2.45. The fourth-order valence-corrected chi connectivity index (χ4v) is 2.38. The molecule has 16 heavy (non-hydrogen) atoms. The Morgan fingerprint density at radius 2 is 1.69 bits per heavy atom. The predicted octanol–water partition coefficient (Wildman–Crippen LogP) is 1.54. The first-order valence-corrected chi connectivity index (χ1v) is 5.54. The zero-order valence-corrected chi connectivity index (χ0v) is 9.10. The van der Waals surface area contributed by atoms with E-state index in [1.807, 2.05) is 0 Å². The van der Waals surface area contributed by atoms with Gasteiger partial charge in [-0.15, -0.1) is 0 Å². The molecule has 0 saturated carbocycles. The molecule has 0 radical (unpaired) electrons. The van der Waals surface area contributed by atoms with Crippen molar-refractivity contribution in [1.82, 2.24) is 5.32 Å². The fourth-order valence-electron chi connectivity index (χ4n) is 2.38. The van der Waals surface area contributed by atoms with Crippen LogP contribution in [0.4, 0.5) is 8.78 Å². The van der Waals surface area contributed by atoms with Crippen LogP contribution < -0.4 is 11.1 Å². The molecule has 4 heteroatoms. The van der Waals surface area contributed by atoms with E-state index in [9.17, 15) is 8.78 Å². The van der Waals surface area contributed by atoms with Crippen LogP contribution in [0, 0.1) is 11.6 Å². The molecule has 0 aromatic heterocycles. The molecule has 0 amide bonds. The average molecular weight is 226 g/mol. The van der Waals surface area contributed by atoms with Gasteiger partial charge in [0.15, 0.2) is 0 Å². The summed E-state index contributed by atoms with van der Waals surface area (Å²) in [6, 6.07) is 3.71. The maximum Gasteiger partial charge on any atom is 0.126 e. The van der Waals surface area contributed by atoms with E-state index in [0.29, 0.717) is 12.1 Å². The van der Waals surface area contributed by atoms with E-state index in [1.54, 1.807) is 0 Å². The van der Waals surface area contributed by atoms with Gasteiger partial charge in [0, 0.05) is 18.0 Å². The van der Waals surface area contributed by atoms with Gasteiger partial charge in [0.1, 0.15) is 11.6 Å². The third kappa shape index (κ3) is 2.08. The monoisotopic (exact) mass is 226 g/mol. The Morgan fingerprint density at radius 3 is 2.19 bits per heavy atom. The lowest BCUT2D eigenvalue weighted by Gasteiger charge is -2.37. The van der Waals surface area contributed by atoms with Crippen molar-refractivity contribution in [3.05, 3.63) is 35.4 Å². The van der Waals surface area contributed by atoms with Crippen LogP contribution in [0.15, 0.2) is 18.2 Å². The van der Waals surface area contributed by atoms with Gasteiger partial charge in [-0.25, -0.2) is 8.78 Å². The number of halogens is 2. The smallest absolute Gasteiger partial charge is 0.126 e. The Balaban J connectivity index is 2.38. The molecule has 88 valence electrons. The van der Waals surface area contributed by atoms with Crippen LogP contribution in [-0.2, 0) is 5.41 Å². The first-order valence-electron chi connectivity index (χ1n) is 5.54. The Labute approximate surface area is 93.8 Å². The van der Waals surface area contributed by atoms with E-state index >= 15 is 0 Å². The molecule has 1 aliphatic rings. The summed E-state index contributed by atoms with van der Waals surface area (Å²) in [7, 11) is 0. The molecule has 1 fully saturated rings. The normalized spacial score (nSPS) is 19.7. The summed E-state index contributed by atoms with van der Waals surface area (Å²) in [6.45, 7) is 2.11. The molecule has 3 N–H and O–H groups in total. The van der Waals surface area contributed by atoms with Gasteiger partial charge in [-0.2, -0.15) is 0 Å². The first kappa shape index (κ1) is 11.5. The molecule has 1 aliphatic heterocycles. The standard InChI is InChI=1S/C12H16F2N2/c13-10-5-9(6-11(14)7-10)12(8-15)1-3-16-4-2-12/h5-7,16H,1-4,8,15H2. The van der Waals surface area contributed by atoms with Gasteiger partial charge >= 0.3 is 0 Å². The molecule has 1 heterocycles. The van der Waals surface area contributed by atoms with Crippen LogP contribution >= 0.6 is 0 Å². The van der Waals surface area contributed by atoms with Crippen molar-refractivity contribution in [3.63, 3.8) is 0 Å². The molecule has 2 rings (SSSR count). The highest BCUT2D eigenvalue weighted by molar-refractivity contribution is 5.28. The molecule has 0 spiro atoms. The highest BCUT2D eigenvalue weighted by Crippen LogP contribution is 2.33. The second kappa shape index (κ2) is 4.47. The van der Waals surface area contributed by atoms with Crippen molar-refractivity contribution in [1.29, 1.82) is 0 Å². The SMILES string of the molecule is NCC1(c2cc(F)cc(F)c2)CCNCC1. The van der Waals surface area contributed by atoms with Crippen LogP contribution in [0.25, 0.3) is 0 Å². The summed E-state index contributed by atoms with van der Waals surface area (Å²) in [4.78, 5) is 0. The largest absolute Gasteiger partial charge is 0.330 e. The van der Waals surface area contributed by atoms with Crippen molar-refractivity contribution in [2.45, 2.75) is 18.3 Å². The van der Waals surface area contributed by atoms with E-state index < -0.39 is 11.6 Å². The summed E-state index contributed by atoms with van der Waals surface area (Å²) < 4.78 is 26.4. The van der Waals surface area contributed by atoms with Gasteiger partial charge in [0.2, 0.25) is 0 Å². The first-order chi connectivity index (χ1) is 7.66. The molecular formula is C12H16F2N2. The third-order valence-electron chi connectivity index (χ3n) is 3.43. The summed E-state index contributed by atoms with van der Waals surface area (Å²) in [5, 5.41) is 3.23. The molecule has 0 aliphatic carbocycles. The quantitative estimate of drug-likeness (QED) is 0.803. The molecule has 1 aromatic carbocycles. The number of piperidine rings is 1. The average Bonchev–Trinajstić information content (AvgIpc) is 2.28. The van der Waals surface area contributed by atoms with Gasteiger partial charge in [-0.3, -0.25) is 0 Å². The van der Waals surface area contributed by atoms with E-state index in [0.717, 1.165) is 32.0 Å². The summed E-state index contributed by atoms with van der Waals surface area (Å²) in [5.41, 5.74) is 6.22. The minimum absolute atomic E-state index is 0.270. The van der Waals surface area contributed by atoms with Crippen molar-refractivity contribution < 1.29 is 8.78 Å². The minimum atomic E-state index is -0.527. The van der Waals surface area contributed by atoms with Gasteiger partial charge in [0.25, 0.3) is 0 Å². The van der Waals surface area contributed by atoms with Crippen LogP contribution in [0.1, 0.15) is 18.4 Å². The zero-order valence-electron chi connectivity index (χ0n) is 9.10. The van der Waals surface area contributed by atoms with Crippen LogP contribution in [0.2, 0.25) is 0 Å². The van der Waals surface area contributed by atoms with Gasteiger partial charge in [0.05, 0.1) is 0 Å². The maximum atomic E-state index is 13.2. The van der Waals surface area contributed by atoms with Gasteiger partial charge in [-0.05, 0) is 43.6 Å². The molecule has 0 bridgehead atoms. The van der Waals surface area contributed by atoms with Gasteiger partial charge < -0.3 is 11.1 Å². The van der Waals surface area contributed by atoms with Gasteiger partial charge in [-0.1, -0.05) is 0 Å². The number of nitrogens with two attached hydrogens (primary N) is 1. The maximum absolute atomic E-state index is 13.2. The Bertz CT molecular complexity index is 353. The second-order valence-corrected chi connectivity index (χ2v) is 4.39. The van der Waals surface area contributed by atoms with E-state index in [-0.39, 0.29) is 5.41 Å². The number of nitrogens with one attached hydrogen (secondary N) is 1. The number of hydrogen-bond donors (Lipinski definition) is 2. The van der Waals surface area contributed by atoms with Crippen molar-refractivity contribution >= 4 is 0 Å². The number of rotatable bonds is 2. The van der Waals surface area contributed by atoms with Crippen LogP contribution in [0.3, 0.4) is 0 Å². The summed E-state index contributed by atoms with van der Waals surface area (Å²) >= 11 is 0. The Kier molecular flexibility index (Phi) is 3.21. The van der Waals surface area contributed by atoms with E-state index in [1.165, 1.54) is 12.1 Å². The minimum Gasteiger partial charge on any atom is -0.330 e. The number of benzene rings is 1. The van der Waals surface area contributed by atoms with Crippen molar-refractivity contribution in [2.24, 2.45) is 5.73 Å². The molecule has 0 atom stereocenters. The van der Waals surface area contributed by atoms with Crippen molar-refractivity contribution in [3.8, 4) is 0 Å². The van der Waals surface area contributed by atoms with Crippen LogP contribution in [-0.4, -0.2) is 19.6 Å². The third-order valence-corrected chi connectivity index (χ3v) is 3.43. The topological polar surface area (TPSA) is 38.0 Å².